The number of halogens is 2. The van der Waals surface area contributed by atoms with Gasteiger partial charge in [-0.25, -0.2) is 4.98 Å². The van der Waals surface area contributed by atoms with E-state index in [0.717, 1.165) is 27.4 Å². The van der Waals surface area contributed by atoms with Gasteiger partial charge in [0, 0.05) is 11.4 Å². The van der Waals surface area contributed by atoms with Gasteiger partial charge in [0.25, 0.3) is 0 Å². The molecule has 3 heterocycles. The summed E-state index contributed by atoms with van der Waals surface area (Å²) in [4.78, 5) is 4.30. The van der Waals surface area contributed by atoms with Gasteiger partial charge in [-0.1, -0.05) is 11.6 Å². The zero-order chi connectivity index (χ0) is 13.2. The van der Waals surface area contributed by atoms with E-state index in [1.165, 1.54) is 0 Å². The molecule has 3 rings (SSSR count). The molecule has 0 aliphatic rings. The summed E-state index contributed by atoms with van der Waals surface area (Å²) in [5, 5.41) is 5.66. The molecule has 3 aromatic heterocycles. The van der Waals surface area contributed by atoms with Gasteiger partial charge in [-0.05, 0) is 12.1 Å². The smallest absolute Gasteiger partial charge is 0.155 e. The fraction of sp³-hybridized carbons (Fsp3) is 0.154. The highest BCUT2D eigenvalue weighted by molar-refractivity contribution is 7.18. The van der Waals surface area contributed by atoms with Gasteiger partial charge < -0.3 is 14.5 Å². The molecule has 0 saturated carbocycles. The maximum atomic E-state index is 6.04. The second kappa shape index (κ2) is 6.35. The predicted octanol–water partition coefficient (Wildman–Crippen LogP) is 4.59. The number of nitrogens with one attached hydrogen (secondary N) is 1. The van der Waals surface area contributed by atoms with Crippen molar-refractivity contribution in [2.45, 2.75) is 6.54 Å². The Balaban J connectivity index is 0.00000147. The van der Waals surface area contributed by atoms with E-state index in [1.54, 1.807) is 24.7 Å². The highest BCUT2D eigenvalue weighted by atomic mass is 35.5. The molecule has 1 N–H and O–H groups in total. The van der Waals surface area contributed by atoms with Crippen LogP contribution in [0, 0.1) is 0 Å². The third kappa shape index (κ3) is 2.85. The van der Waals surface area contributed by atoms with E-state index in [1.807, 2.05) is 23.6 Å². The second-order valence-corrected chi connectivity index (χ2v) is 5.17. The monoisotopic (exact) mass is 330 g/mol. The van der Waals surface area contributed by atoms with Crippen LogP contribution in [0.2, 0.25) is 5.15 Å². The Hall–Kier alpha value is -1.43. The molecule has 0 atom stereocenters. The molecule has 3 aromatic rings. The first-order chi connectivity index (χ1) is 9.28. The van der Waals surface area contributed by atoms with Crippen LogP contribution in [0.1, 0.15) is 5.76 Å². The van der Waals surface area contributed by atoms with Gasteiger partial charge in [-0.2, -0.15) is 0 Å². The highest BCUT2D eigenvalue weighted by Crippen LogP contribution is 2.37. The van der Waals surface area contributed by atoms with Gasteiger partial charge in [0.1, 0.15) is 16.4 Å². The van der Waals surface area contributed by atoms with Gasteiger partial charge in [0.15, 0.2) is 5.75 Å². The molecule has 0 bridgehead atoms. The van der Waals surface area contributed by atoms with Crippen LogP contribution in [0.4, 0.5) is 5.69 Å². The highest BCUT2D eigenvalue weighted by Gasteiger charge is 2.12. The first kappa shape index (κ1) is 15.0. The lowest BCUT2D eigenvalue weighted by molar-refractivity contribution is 0.420. The molecule has 7 heteroatoms. The van der Waals surface area contributed by atoms with Crippen molar-refractivity contribution in [1.29, 1.82) is 0 Å². The quantitative estimate of drug-likeness (QED) is 0.711. The molecule has 0 fully saturated rings. The van der Waals surface area contributed by atoms with E-state index in [0.29, 0.717) is 11.7 Å². The minimum Gasteiger partial charge on any atom is -0.494 e. The van der Waals surface area contributed by atoms with E-state index in [2.05, 4.69) is 10.3 Å². The molecular weight excluding hydrogens is 319 g/mol. The average Bonchev–Trinajstić information content (AvgIpc) is 3.04. The van der Waals surface area contributed by atoms with Crippen LogP contribution in [-0.2, 0) is 6.54 Å². The first-order valence-corrected chi connectivity index (χ1v) is 6.91. The van der Waals surface area contributed by atoms with Gasteiger partial charge in [0.05, 0.1) is 30.3 Å². The van der Waals surface area contributed by atoms with Gasteiger partial charge in [-0.15, -0.1) is 23.7 Å². The van der Waals surface area contributed by atoms with Crippen molar-refractivity contribution in [3.8, 4) is 5.75 Å². The number of nitrogens with zero attached hydrogens (tertiary/aromatic N) is 1. The van der Waals surface area contributed by atoms with Crippen molar-refractivity contribution in [1.82, 2.24) is 4.98 Å². The SMILES string of the molecule is COc1csc2c(NCc3ccco3)cc(Cl)nc12.Cl. The molecule has 4 nitrogen and oxygen atoms in total. The van der Waals surface area contributed by atoms with Crippen LogP contribution >= 0.6 is 35.3 Å². The van der Waals surface area contributed by atoms with E-state index in [9.17, 15) is 0 Å². The molecule has 106 valence electrons. The maximum Gasteiger partial charge on any atom is 0.155 e. The molecule has 0 radical (unpaired) electrons. The number of ether oxygens (including phenoxy) is 1. The van der Waals surface area contributed by atoms with Crippen molar-refractivity contribution >= 4 is 51.2 Å². The predicted molar refractivity (Wildman–Crippen MR) is 84.5 cm³/mol. The van der Waals surface area contributed by atoms with Crippen LogP contribution in [0.5, 0.6) is 5.75 Å². The minimum atomic E-state index is 0. The van der Waals surface area contributed by atoms with E-state index >= 15 is 0 Å². The molecule has 0 spiro atoms. The Labute approximate surface area is 131 Å². The summed E-state index contributed by atoms with van der Waals surface area (Å²) in [5.74, 6) is 1.60. The van der Waals surface area contributed by atoms with E-state index < -0.39 is 0 Å². The Morgan fingerprint density at radius 2 is 2.35 bits per heavy atom. The van der Waals surface area contributed by atoms with E-state index in [-0.39, 0.29) is 12.4 Å². The Kier molecular flexibility index (Phi) is 4.75. The van der Waals surface area contributed by atoms with Crippen LogP contribution in [0.15, 0.2) is 34.3 Å². The summed E-state index contributed by atoms with van der Waals surface area (Å²) in [7, 11) is 1.63. The lowest BCUT2D eigenvalue weighted by atomic mass is 10.3. The lowest BCUT2D eigenvalue weighted by Crippen LogP contribution is -1.98. The lowest BCUT2D eigenvalue weighted by Gasteiger charge is -2.06. The normalized spacial score (nSPS) is 10.3. The summed E-state index contributed by atoms with van der Waals surface area (Å²) in [6, 6.07) is 5.59. The van der Waals surface area contributed by atoms with Crippen LogP contribution in [0.3, 0.4) is 0 Å². The number of pyridine rings is 1. The fourth-order valence-electron chi connectivity index (χ4n) is 1.83. The third-order valence-electron chi connectivity index (χ3n) is 2.71. The number of hydrogen-bond donors (Lipinski definition) is 1. The topological polar surface area (TPSA) is 47.3 Å². The number of furan rings is 1. The summed E-state index contributed by atoms with van der Waals surface area (Å²) in [6.07, 6.45) is 1.65. The number of methoxy groups -OCH3 is 1. The summed E-state index contributed by atoms with van der Waals surface area (Å²) >= 11 is 7.62. The molecule has 0 amide bonds. The zero-order valence-electron chi connectivity index (χ0n) is 10.6. The molecule has 0 saturated heterocycles. The number of fused-ring (bicyclic) bond motifs is 1. The van der Waals surface area contributed by atoms with Gasteiger partial charge in [0.2, 0.25) is 0 Å². The van der Waals surface area contributed by atoms with Crippen molar-refractivity contribution < 1.29 is 9.15 Å². The van der Waals surface area contributed by atoms with Crippen LogP contribution in [0.25, 0.3) is 10.2 Å². The number of aromatic nitrogens is 1. The summed E-state index contributed by atoms with van der Waals surface area (Å²) in [6.45, 7) is 0.600. The Bertz CT molecular complexity index is 698. The molecule has 0 aromatic carbocycles. The van der Waals surface area contributed by atoms with Crippen LogP contribution in [-0.4, -0.2) is 12.1 Å². The second-order valence-electron chi connectivity index (χ2n) is 3.91. The Morgan fingerprint density at radius 1 is 1.50 bits per heavy atom. The molecule has 0 aliphatic heterocycles. The van der Waals surface area contributed by atoms with Crippen molar-refractivity contribution in [2.24, 2.45) is 0 Å². The minimum absolute atomic E-state index is 0. The number of hydrogen-bond acceptors (Lipinski definition) is 5. The van der Waals surface area contributed by atoms with Crippen molar-refractivity contribution in [2.75, 3.05) is 12.4 Å². The van der Waals surface area contributed by atoms with Crippen molar-refractivity contribution in [3.05, 3.63) is 40.8 Å². The number of rotatable bonds is 4. The maximum absolute atomic E-state index is 6.04. The zero-order valence-corrected chi connectivity index (χ0v) is 12.9. The molecule has 0 unspecified atom stereocenters. The summed E-state index contributed by atoms with van der Waals surface area (Å²) in [5.41, 5.74) is 1.71. The van der Waals surface area contributed by atoms with Gasteiger partial charge in [-0.3, -0.25) is 0 Å². The van der Waals surface area contributed by atoms with E-state index in [4.69, 9.17) is 20.8 Å². The number of anilines is 1. The average molecular weight is 331 g/mol. The van der Waals surface area contributed by atoms with Crippen LogP contribution < -0.4 is 10.1 Å². The van der Waals surface area contributed by atoms with Gasteiger partial charge >= 0.3 is 0 Å². The standard InChI is InChI=1S/C13H11ClN2O2S.ClH/c1-17-10-7-19-13-9(5-11(14)16-12(10)13)15-6-8-3-2-4-18-8;/h2-5,7H,6H2,1H3,(H,15,16);1H. The van der Waals surface area contributed by atoms with Crippen molar-refractivity contribution in [3.63, 3.8) is 0 Å². The molecular formula is C13H12Cl2N2O2S. The first-order valence-electron chi connectivity index (χ1n) is 5.66. The fourth-order valence-corrected chi connectivity index (χ4v) is 2.97. The molecule has 20 heavy (non-hydrogen) atoms. The molecule has 0 aliphatic carbocycles. The Morgan fingerprint density at radius 3 is 3.05 bits per heavy atom. The number of thiophene rings is 1. The summed E-state index contributed by atoms with van der Waals surface area (Å²) < 4.78 is 11.6. The third-order valence-corrected chi connectivity index (χ3v) is 3.89. The largest absolute Gasteiger partial charge is 0.494 e.